The zero-order valence-electron chi connectivity index (χ0n) is 11.4. The largest absolute Gasteiger partial charge is 0.345 e. The molecular weight excluding hydrogens is 389 g/mol. The van der Waals surface area contributed by atoms with Gasteiger partial charge in [-0.1, -0.05) is 11.6 Å². The molecule has 0 bridgehead atoms. The van der Waals surface area contributed by atoms with Gasteiger partial charge in [0.15, 0.2) is 0 Å². The first-order valence-corrected chi connectivity index (χ1v) is 8.88. The summed E-state index contributed by atoms with van der Waals surface area (Å²) in [4.78, 5) is 13.6. The normalized spacial score (nSPS) is 17.0. The van der Waals surface area contributed by atoms with E-state index in [-0.39, 0.29) is 11.9 Å². The minimum absolute atomic E-state index is 0.113. The second kappa shape index (κ2) is 6.60. The van der Waals surface area contributed by atoms with Crippen LogP contribution < -0.4 is 5.32 Å². The summed E-state index contributed by atoms with van der Waals surface area (Å²) in [6.45, 7) is 0. The van der Waals surface area contributed by atoms with Crippen LogP contribution >= 0.6 is 39.3 Å². The number of carbonyl (C=O) groups excluding carboxylic acids is 1. The van der Waals surface area contributed by atoms with Gasteiger partial charge < -0.3 is 5.32 Å². The monoisotopic (exact) mass is 399 g/mol. The number of nitrogens with one attached hydrogen (secondary N) is 1. The quantitative estimate of drug-likeness (QED) is 0.750. The van der Waals surface area contributed by atoms with E-state index in [0.717, 1.165) is 22.6 Å². The predicted octanol–water partition coefficient (Wildman–Crippen LogP) is 5.21. The van der Waals surface area contributed by atoms with Crippen molar-refractivity contribution in [1.82, 2.24) is 5.32 Å². The molecule has 1 aliphatic heterocycles. The van der Waals surface area contributed by atoms with E-state index < -0.39 is 5.82 Å². The van der Waals surface area contributed by atoms with Crippen LogP contribution in [0.3, 0.4) is 0 Å². The molecule has 2 aromatic rings. The topological polar surface area (TPSA) is 29.1 Å². The first kappa shape index (κ1) is 15.8. The molecule has 0 radical (unpaired) electrons. The summed E-state index contributed by atoms with van der Waals surface area (Å²) < 4.78 is 13.9. The molecule has 0 saturated carbocycles. The lowest BCUT2D eigenvalue weighted by Gasteiger charge is -2.26. The fourth-order valence-corrected chi connectivity index (χ4v) is 4.14. The van der Waals surface area contributed by atoms with Gasteiger partial charge >= 0.3 is 0 Å². The van der Waals surface area contributed by atoms with E-state index in [1.165, 1.54) is 18.2 Å². The molecular formula is C16H12BrClFNOS. The first-order valence-electron chi connectivity index (χ1n) is 6.73. The van der Waals surface area contributed by atoms with Gasteiger partial charge in [-0.15, -0.1) is 11.8 Å². The third-order valence-corrected chi connectivity index (χ3v) is 5.54. The van der Waals surface area contributed by atoms with Crippen LogP contribution in [-0.2, 0) is 0 Å². The van der Waals surface area contributed by atoms with Crippen LogP contribution in [0.1, 0.15) is 28.4 Å². The summed E-state index contributed by atoms with van der Waals surface area (Å²) in [6, 6.07) is 9.67. The van der Waals surface area contributed by atoms with Crippen molar-refractivity contribution in [2.75, 3.05) is 5.75 Å². The average molecular weight is 401 g/mol. The van der Waals surface area contributed by atoms with Crippen LogP contribution in [0.15, 0.2) is 45.8 Å². The predicted molar refractivity (Wildman–Crippen MR) is 91.1 cm³/mol. The van der Waals surface area contributed by atoms with Gasteiger partial charge in [0.25, 0.3) is 5.91 Å². The molecule has 1 atom stereocenters. The number of benzene rings is 2. The molecule has 6 heteroatoms. The molecule has 3 rings (SSSR count). The molecule has 1 unspecified atom stereocenters. The molecule has 2 aromatic carbocycles. The Morgan fingerprint density at radius 2 is 2.14 bits per heavy atom. The number of thioether (sulfide) groups is 1. The van der Waals surface area contributed by atoms with Gasteiger partial charge in [0.2, 0.25) is 0 Å². The summed E-state index contributed by atoms with van der Waals surface area (Å²) in [5.74, 6) is 0.189. The lowest BCUT2D eigenvalue weighted by molar-refractivity contribution is 0.0933. The highest BCUT2D eigenvalue weighted by molar-refractivity contribution is 9.10. The fourth-order valence-electron chi connectivity index (χ4n) is 2.42. The van der Waals surface area contributed by atoms with E-state index in [2.05, 4.69) is 21.2 Å². The minimum atomic E-state index is -0.434. The zero-order valence-corrected chi connectivity index (χ0v) is 14.6. The summed E-state index contributed by atoms with van der Waals surface area (Å²) >= 11 is 11.1. The Balaban J connectivity index is 1.87. The molecule has 114 valence electrons. The number of rotatable bonds is 2. The Kier molecular flexibility index (Phi) is 4.76. The summed E-state index contributed by atoms with van der Waals surface area (Å²) in [5, 5.41) is 3.62. The molecule has 2 nitrogen and oxygen atoms in total. The zero-order chi connectivity index (χ0) is 15.7. The van der Waals surface area contributed by atoms with Gasteiger partial charge in [0, 0.05) is 20.1 Å². The SMILES string of the molecule is O=C(NC1CCSc2ccc(Cl)cc21)c1cc(F)ccc1Br. The van der Waals surface area contributed by atoms with Gasteiger partial charge in [-0.2, -0.15) is 0 Å². The van der Waals surface area contributed by atoms with Crippen LogP contribution in [0.4, 0.5) is 4.39 Å². The van der Waals surface area contributed by atoms with Crippen molar-refractivity contribution in [1.29, 1.82) is 0 Å². The average Bonchev–Trinajstić information content (AvgIpc) is 2.50. The molecule has 0 saturated heterocycles. The van der Waals surface area contributed by atoms with Gasteiger partial charge in [0.1, 0.15) is 5.82 Å². The number of hydrogen-bond donors (Lipinski definition) is 1. The number of amides is 1. The fraction of sp³-hybridized carbons (Fsp3) is 0.188. The van der Waals surface area contributed by atoms with Gasteiger partial charge in [-0.3, -0.25) is 4.79 Å². The first-order chi connectivity index (χ1) is 10.5. The van der Waals surface area contributed by atoms with Crippen LogP contribution in [-0.4, -0.2) is 11.7 Å². The molecule has 1 aliphatic rings. The van der Waals surface area contributed by atoms with E-state index in [1.807, 2.05) is 18.2 Å². The molecule has 0 spiro atoms. The molecule has 0 aliphatic carbocycles. The number of halogens is 3. The smallest absolute Gasteiger partial charge is 0.253 e. The van der Waals surface area contributed by atoms with Crippen LogP contribution in [0, 0.1) is 5.82 Å². The Morgan fingerprint density at radius 1 is 1.32 bits per heavy atom. The van der Waals surface area contributed by atoms with Gasteiger partial charge in [-0.05, 0) is 64.3 Å². The number of fused-ring (bicyclic) bond motifs is 1. The van der Waals surface area contributed by atoms with E-state index in [0.29, 0.717) is 15.1 Å². The Hall–Kier alpha value is -1.04. The van der Waals surface area contributed by atoms with Crippen LogP contribution in [0.2, 0.25) is 5.02 Å². The second-order valence-electron chi connectivity index (χ2n) is 4.97. The maximum atomic E-state index is 13.4. The molecule has 1 amide bonds. The summed E-state index contributed by atoms with van der Waals surface area (Å²) in [6.07, 6.45) is 0.816. The van der Waals surface area contributed by atoms with Crippen molar-refractivity contribution in [3.63, 3.8) is 0 Å². The minimum Gasteiger partial charge on any atom is -0.345 e. The molecule has 0 fully saturated rings. The maximum Gasteiger partial charge on any atom is 0.253 e. The molecule has 1 heterocycles. The van der Waals surface area contributed by atoms with Crippen molar-refractivity contribution in [3.8, 4) is 0 Å². The highest BCUT2D eigenvalue weighted by Gasteiger charge is 2.24. The summed E-state index contributed by atoms with van der Waals surface area (Å²) in [5.41, 5.74) is 1.31. The number of carbonyl (C=O) groups is 1. The van der Waals surface area contributed by atoms with Crippen LogP contribution in [0.5, 0.6) is 0 Å². The molecule has 1 N–H and O–H groups in total. The lowest BCUT2D eigenvalue weighted by atomic mass is 10.0. The van der Waals surface area contributed by atoms with E-state index >= 15 is 0 Å². The third-order valence-electron chi connectivity index (χ3n) is 3.49. The summed E-state index contributed by atoms with van der Waals surface area (Å²) in [7, 11) is 0. The van der Waals surface area contributed by atoms with Crippen molar-refractivity contribution in [3.05, 3.63) is 62.8 Å². The van der Waals surface area contributed by atoms with Gasteiger partial charge in [-0.25, -0.2) is 4.39 Å². The Morgan fingerprint density at radius 3 is 2.95 bits per heavy atom. The number of hydrogen-bond acceptors (Lipinski definition) is 2. The van der Waals surface area contributed by atoms with Crippen molar-refractivity contribution in [2.45, 2.75) is 17.4 Å². The Labute approximate surface area is 145 Å². The van der Waals surface area contributed by atoms with Gasteiger partial charge in [0.05, 0.1) is 11.6 Å². The van der Waals surface area contributed by atoms with Crippen LogP contribution in [0.25, 0.3) is 0 Å². The maximum absolute atomic E-state index is 13.4. The molecule has 0 aromatic heterocycles. The molecule has 22 heavy (non-hydrogen) atoms. The highest BCUT2D eigenvalue weighted by atomic mass is 79.9. The third kappa shape index (κ3) is 3.31. The van der Waals surface area contributed by atoms with Crippen molar-refractivity contribution < 1.29 is 9.18 Å². The highest BCUT2D eigenvalue weighted by Crippen LogP contribution is 2.37. The Bertz CT molecular complexity index is 740. The van der Waals surface area contributed by atoms with E-state index in [1.54, 1.807) is 11.8 Å². The lowest BCUT2D eigenvalue weighted by Crippen LogP contribution is -2.31. The van der Waals surface area contributed by atoms with Crippen molar-refractivity contribution in [2.24, 2.45) is 0 Å². The van der Waals surface area contributed by atoms with Crippen molar-refractivity contribution >= 4 is 45.2 Å². The van der Waals surface area contributed by atoms with E-state index in [4.69, 9.17) is 11.6 Å². The standard InChI is InChI=1S/C16H12BrClFNOS/c17-13-3-2-10(19)8-11(13)16(21)20-14-5-6-22-15-4-1-9(18)7-12(14)15/h1-4,7-8,14H,5-6H2,(H,20,21). The second-order valence-corrected chi connectivity index (χ2v) is 7.40. The van der Waals surface area contributed by atoms with E-state index in [9.17, 15) is 9.18 Å².